The first-order valence-electron chi connectivity index (χ1n) is 6.98. The Kier molecular flexibility index (Phi) is 5.79. The molecule has 0 radical (unpaired) electrons. The maximum absolute atomic E-state index is 13.6. The van der Waals surface area contributed by atoms with Gasteiger partial charge in [-0.05, 0) is 36.7 Å². The maximum atomic E-state index is 13.6. The molecule has 0 aliphatic carbocycles. The molecule has 3 nitrogen and oxygen atoms in total. The molecule has 1 aromatic carbocycles. The predicted octanol–water partition coefficient (Wildman–Crippen LogP) is 4.55. The third kappa shape index (κ3) is 3.65. The van der Waals surface area contributed by atoms with E-state index >= 15 is 0 Å². The van der Waals surface area contributed by atoms with Gasteiger partial charge in [-0.25, -0.2) is 4.39 Å². The highest BCUT2D eigenvalue weighted by Gasteiger charge is 2.23. The van der Waals surface area contributed by atoms with E-state index in [4.69, 9.17) is 11.6 Å². The second-order valence-corrected chi connectivity index (χ2v) is 6.02. The first-order valence-corrected chi connectivity index (χ1v) is 8.15. The van der Waals surface area contributed by atoms with Crippen LogP contribution in [0.15, 0.2) is 28.9 Å². The van der Waals surface area contributed by atoms with Crippen LogP contribution in [-0.4, -0.2) is 16.3 Å². The molecule has 0 saturated carbocycles. The minimum absolute atomic E-state index is 0.207. The first-order chi connectivity index (χ1) is 10.1. The fourth-order valence-corrected chi connectivity index (χ4v) is 3.07. The number of aryl methyl sites for hydroxylation is 1. The number of benzene rings is 1. The SMILES string of the molecule is CCCn1ncc(Cl)c1C(NCC)c1cc(F)ccc1Br. The van der Waals surface area contributed by atoms with Crippen LogP contribution in [0.2, 0.25) is 5.02 Å². The summed E-state index contributed by atoms with van der Waals surface area (Å²) in [6.45, 7) is 5.60. The highest BCUT2D eigenvalue weighted by molar-refractivity contribution is 9.10. The number of halogens is 3. The average Bonchev–Trinajstić information content (AvgIpc) is 2.81. The summed E-state index contributed by atoms with van der Waals surface area (Å²) in [6.07, 6.45) is 2.60. The van der Waals surface area contributed by atoms with E-state index in [9.17, 15) is 4.39 Å². The van der Waals surface area contributed by atoms with Crippen molar-refractivity contribution in [2.75, 3.05) is 6.54 Å². The third-order valence-corrected chi connectivity index (χ3v) is 4.23. The number of hydrogen-bond acceptors (Lipinski definition) is 2. The molecule has 114 valence electrons. The topological polar surface area (TPSA) is 29.9 Å². The molecule has 0 amide bonds. The van der Waals surface area contributed by atoms with Gasteiger partial charge in [0.25, 0.3) is 0 Å². The van der Waals surface area contributed by atoms with Crippen LogP contribution in [-0.2, 0) is 6.54 Å². The van der Waals surface area contributed by atoms with Gasteiger partial charge in [0.2, 0.25) is 0 Å². The number of nitrogens with zero attached hydrogens (tertiary/aromatic N) is 2. The van der Waals surface area contributed by atoms with Gasteiger partial charge in [0.05, 0.1) is 23.0 Å². The van der Waals surface area contributed by atoms with Gasteiger partial charge in [-0.1, -0.05) is 41.4 Å². The van der Waals surface area contributed by atoms with Crippen molar-refractivity contribution in [3.05, 3.63) is 51.0 Å². The van der Waals surface area contributed by atoms with Gasteiger partial charge in [0.1, 0.15) is 5.82 Å². The molecule has 1 N–H and O–H groups in total. The van der Waals surface area contributed by atoms with Crippen LogP contribution in [0.4, 0.5) is 4.39 Å². The van der Waals surface area contributed by atoms with E-state index in [0.717, 1.165) is 35.2 Å². The zero-order chi connectivity index (χ0) is 15.4. The quantitative estimate of drug-likeness (QED) is 0.804. The molecule has 0 fully saturated rings. The van der Waals surface area contributed by atoms with E-state index < -0.39 is 0 Å². The summed E-state index contributed by atoms with van der Waals surface area (Å²) in [4.78, 5) is 0. The van der Waals surface area contributed by atoms with Crippen LogP contribution in [0.1, 0.15) is 37.6 Å². The molecule has 0 bridgehead atoms. The first kappa shape index (κ1) is 16.5. The Hall–Kier alpha value is -0.910. The largest absolute Gasteiger partial charge is 0.305 e. The van der Waals surface area contributed by atoms with Crippen LogP contribution in [0.3, 0.4) is 0 Å². The lowest BCUT2D eigenvalue weighted by atomic mass is 10.0. The molecule has 1 atom stereocenters. The van der Waals surface area contributed by atoms with Crippen LogP contribution in [0, 0.1) is 5.82 Å². The second kappa shape index (κ2) is 7.38. The number of aromatic nitrogens is 2. The Bertz CT molecular complexity index is 615. The van der Waals surface area contributed by atoms with Crippen molar-refractivity contribution < 1.29 is 4.39 Å². The van der Waals surface area contributed by atoms with E-state index in [2.05, 4.69) is 33.3 Å². The zero-order valence-corrected chi connectivity index (χ0v) is 14.4. The normalized spacial score (nSPS) is 12.6. The van der Waals surface area contributed by atoms with E-state index in [0.29, 0.717) is 5.02 Å². The van der Waals surface area contributed by atoms with Crippen molar-refractivity contribution in [2.45, 2.75) is 32.9 Å². The third-order valence-electron chi connectivity index (χ3n) is 3.22. The van der Waals surface area contributed by atoms with Crippen LogP contribution in [0.25, 0.3) is 0 Å². The van der Waals surface area contributed by atoms with Crippen LogP contribution >= 0.6 is 27.5 Å². The van der Waals surface area contributed by atoms with Gasteiger partial charge in [-0.2, -0.15) is 5.10 Å². The molecule has 6 heteroatoms. The highest BCUT2D eigenvalue weighted by Crippen LogP contribution is 2.33. The summed E-state index contributed by atoms with van der Waals surface area (Å²) in [5, 5.41) is 8.28. The molecule has 1 aromatic heterocycles. The van der Waals surface area contributed by atoms with E-state index in [-0.39, 0.29) is 11.9 Å². The molecular weight excluding hydrogens is 357 g/mol. The zero-order valence-electron chi connectivity index (χ0n) is 12.0. The van der Waals surface area contributed by atoms with Crippen LogP contribution < -0.4 is 5.32 Å². The fraction of sp³-hybridized carbons (Fsp3) is 0.400. The van der Waals surface area contributed by atoms with Gasteiger partial charge >= 0.3 is 0 Å². The molecule has 0 spiro atoms. The summed E-state index contributed by atoms with van der Waals surface area (Å²) >= 11 is 9.82. The average molecular weight is 375 g/mol. The Morgan fingerprint density at radius 1 is 1.43 bits per heavy atom. The Balaban J connectivity index is 2.53. The minimum Gasteiger partial charge on any atom is -0.305 e. The summed E-state index contributed by atoms with van der Waals surface area (Å²) < 4.78 is 16.4. The molecule has 0 aliphatic heterocycles. The lowest BCUT2D eigenvalue weighted by Gasteiger charge is -2.21. The molecule has 0 saturated heterocycles. The minimum atomic E-state index is -0.270. The van der Waals surface area contributed by atoms with Crippen LogP contribution in [0.5, 0.6) is 0 Å². The molecule has 0 aliphatic rings. The van der Waals surface area contributed by atoms with Gasteiger partial charge in [-0.3, -0.25) is 4.68 Å². The second-order valence-electron chi connectivity index (χ2n) is 4.76. The van der Waals surface area contributed by atoms with E-state index in [1.807, 2.05) is 11.6 Å². The number of rotatable bonds is 6. The summed E-state index contributed by atoms with van der Waals surface area (Å²) in [6, 6.07) is 4.46. The maximum Gasteiger partial charge on any atom is 0.123 e. The summed E-state index contributed by atoms with van der Waals surface area (Å²) in [5.74, 6) is -0.270. The lowest BCUT2D eigenvalue weighted by molar-refractivity contribution is 0.517. The Morgan fingerprint density at radius 2 is 2.19 bits per heavy atom. The van der Waals surface area contributed by atoms with Crippen molar-refractivity contribution in [3.8, 4) is 0 Å². The Labute approximate surface area is 137 Å². The molecular formula is C15H18BrClFN3. The smallest absolute Gasteiger partial charge is 0.123 e. The molecule has 2 rings (SSSR count). The standard InChI is InChI=1S/C15H18BrClFN3/c1-3-7-21-15(13(17)9-20-21)14(19-4-2)11-8-10(18)5-6-12(11)16/h5-6,8-9,14,19H,3-4,7H2,1-2H3. The van der Waals surface area contributed by atoms with Crippen molar-refractivity contribution in [2.24, 2.45) is 0 Å². The molecule has 1 heterocycles. The van der Waals surface area contributed by atoms with Crippen molar-refractivity contribution in [1.29, 1.82) is 0 Å². The van der Waals surface area contributed by atoms with E-state index in [1.165, 1.54) is 12.1 Å². The Morgan fingerprint density at radius 3 is 2.86 bits per heavy atom. The lowest BCUT2D eigenvalue weighted by Crippen LogP contribution is -2.25. The summed E-state index contributed by atoms with van der Waals surface area (Å²) in [5.41, 5.74) is 1.68. The predicted molar refractivity (Wildman–Crippen MR) is 87.1 cm³/mol. The van der Waals surface area contributed by atoms with Gasteiger partial charge in [-0.15, -0.1) is 0 Å². The van der Waals surface area contributed by atoms with Crippen molar-refractivity contribution in [3.63, 3.8) is 0 Å². The molecule has 2 aromatic rings. The monoisotopic (exact) mass is 373 g/mol. The van der Waals surface area contributed by atoms with Gasteiger partial charge < -0.3 is 5.32 Å². The van der Waals surface area contributed by atoms with Crippen molar-refractivity contribution >= 4 is 27.5 Å². The molecule has 21 heavy (non-hydrogen) atoms. The van der Waals surface area contributed by atoms with Gasteiger partial charge in [0, 0.05) is 11.0 Å². The highest BCUT2D eigenvalue weighted by atomic mass is 79.9. The number of hydrogen-bond donors (Lipinski definition) is 1. The van der Waals surface area contributed by atoms with Gasteiger partial charge in [0.15, 0.2) is 0 Å². The van der Waals surface area contributed by atoms with E-state index in [1.54, 1.807) is 12.3 Å². The molecule has 1 unspecified atom stereocenters. The van der Waals surface area contributed by atoms with Crippen molar-refractivity contribution in [1.82, 2.24) is 15.1 Å². The fourth-order valence-electron chi connectivity index (χ4n) is 2.34. The number of nitrogens with one attached hydrogen (secondary N) is 1. The summed E-state index contributed by atoms with van der Waals surface area (Å²) in [7, 11) is 0.